The molecule has 2 rings (SSSR count). The molecule has 1 aromatic heterocycles. The largest absolute Gasteiger partial charge is 0.490 e. The van der Waals surface area contributed by atoms with E-state index in [4.69, 9.17) is 9.15 Å². The number of rotatable bonds is 2. The standard InChI is InChI=1S/C10H9O2/c1-2-11-9-5-3-4-8-6-7-12-10(8)9/h3-5,7H,2H2,1H3. The lowest BCUT2D eigenvalue weighted by Crippen LogP contribution is -1.90. The zero-order valence-electron chi connectivity index (χ0n) is 6.83. The van der Waals surface area contributed by atoms with Crippen LogP contribution in [0.5, 0.6) is 5.75 Å². The Morgan fingerprint density at radius 1 is 1.50 bits per heavy atom. The average Bonchev–Trinajstić information content (AvgIpc) is 2.53. The Balaban J connectivity index is 2.57. The van der Waals surface area contributed by atoms with Crippen LogP contribution in [-0.4, -0.2) is 6.61 Å². The molecule has 1 heterocycles. The second-order valence-electron chi connectivity index (χ2n) is 2.45. The van der Waals surface area contributed by atoms with E-state index in [0.29, 0.717) is 6.61 Å². The lowest BCUT2D eigenvalue weighted by Gasteiger charge is -2.01. The Bertz CT molecular complexity index is 376. The van der Waals surface area contributed by atoms with Crippen LogP contribution in [0.15, 0.2) is 28.9 Å². The fourth-order valence-electron chi connectivity index (χ4n) is 1.17. The Labute approximate surface area is 70.8 Å². The topological polar surface area (TPSA) is 22.4 Å². The molecular formula is C10H9O2. The van der Waals surface area contributed by atoms with Crippen molar-refractivity contribution < 1.29 is 9.15 Å². The Hall–Kier alpha value is -1.44. The van der Waals surface area contributed by atoms with Gasteiger partial charge in [0.05, 0.1) is 12.9 Å². The van der Waals surface area contributed by atoms with Gasteiger partial charge < -0.3 is 9.15 Å². The van der Waals surface area contributed by atoms with Crippen LogP contribution in [0.1, 0.15) is 6.92 Å². The van der Waals surface area contributed by atoms with Gasteiger partial charge in [0.2, 0.25) is 0 Å². The van der Waals surface area contributed by atoms with Gasteiger partial charge in [0, 0.05) is 11.5 Å². The van der Waals surface area contributed by atoms with Crippen molar-refractivity contribution in [1.29, 1.82) is 0 Å². The molecule has 12 heavy (non-hydrogen) atoms. The van der Waals surface area contributed by atoms with Gasteiger partial charge in [-0.25, -0.2) is 0 Å². The first kappa shape index (κ1) is 7.22. The summed E-state index contributed by atoms with van der Waals surface area (Å²) in [6.07, 6.45) is 1.55. The summed E-state index contributed by atoms with van der Waals surface area (Å²) in [6.45, 7) is 2.60. The quantitative estimate of drug-likeness (QED) is 0.675. The molecular weight excluding hydrogens is 152 g/mol. The first-order valence-electron chi connectivity index (χ1n) is 3.92. The van der Waals surface area contributed by atoms with E-state index in [1.165, 1.54) is 0 Å². The van der Waals surface area contributed by atoms with E-state index in [1.807, 2.05) is 25.1 Å². The second-order valence-corrected chi connectivity index (χ2v) is 2.45. The van der Waals surface area contributed by atoms with E-state index in [9.17, 15) is 0 Å². The average molecular weight is 161 g/mol. The highest BCUT2D eigenvalue weighted by atomic mass is 16.5. The summed E-state index contributed by atoms with van der Waals surface area (Å²) in [6, 6.07) is 8.74. The highest BCUT2D eigenvalue weighted by molar-refractivity contribution is 5.82. The molecule has 2 nitrogen and oxygen atoms in total. The zero-order valence-corrected chi connectivity index (χ0v) is 6.83. The van der Waals surface area contributed by atoms with Gasteiger partial charge in [0.1, 0.15) is 0 Å². The number of fused-ring (bicyclic) bond motifs is 1. The smallest absolute Gasteiger partial charge is 0.176 e. The molecule has 1 aromatic carbocycles. The molecule has 1 radical (unpaired) electrons. The molecule has 0 saturated carbocycles. The van der Waals surface area contributed by atoms with Crippen LogP contribution in [0, 0.1) is 6.07 Å². The molecule has 0 amide bonds. The minimum Gasteiger partial charge on any atom is -0.490 e. The van der Waals surface area contributed by atoms with Crippen LogP contribution in [0.25, 0.3) is 11.0 Å². The summed E-state index contributed by atoms with van der Waals surface area (Å²) in [5.74, 6) is 0.788. The van der Waals surface area contributed by atoms with Crippen molar-refractivity contribution in [1.82, 2.24) is 0 Å². The van der Waals surface area contributed by atoms with Gasteiger partial charge in [-0.2, -0.15) is 0 Å². The van der Waals surface area contributed by atoms with Crippen LogP contribution in [0.2, 0.25) is 0 Å². The van der Waals surface area contributed by atoms with Gasteiger partial charge in [-0.3, -0.25) is 0 Å². The molecule has 0 fully saturated rings. The number of hydrogen-bond acceptors (Lipinski definition) is 2. The summed E-state index contributed by atoms with van der Waals surface area (Å²) in [5, 5.41) is 0.959. The monoisotopic (exact) mass is 161 g/mol. The summed E-state index contributed by atoms with van der Waals surface area (Å²) < 4.78 is 10.6. The van der Waals surface area contributed by atoms with Crippen molar-refractivity contribution >= 4 is 11.0 Å². The van der Waals surface area contributed by atoms with Crippen LogP contribution >= 0.6 is 0 Å². The molecule has 61 valence electrons. The maximum Gasteiger partial charge on any atom is 0.176 e. The highest BCUT2D eigenvalue weighted by Crippen LogP contribution is 2.25. The van der Waals surface area contributed by atoms with Crippen molar-refractivity contribution in [3.05, 3.63) is 30.5 Å². The van der Waals surface area contributed by atoms with Crippen LogP contribution < -0.4 is 4.74 Å². The Morgan fingerprint density at radius 3 is 3.25 bits per heavy atom. The van der Waals surface area contributed by atoms with Crippen molar-refractivity contribution in [2.75, 3.05) is 6.61 Å². The predicted molar refractivity (Wildman–Crippen MR) is 46.2 cm³/mol. The molecule has 0 spiro atoms. The molecule has 0 aliphatic carbocycles. The van der Waals surface area contributed by atoms with Gasteiger partial charge in [-0.1, -0.05) is 12.1 Å². The Morgan fingerprint density at radius 2 is 2.42 bits per heavy atom. The SMILES string of the molecule is CCOc1cccc2[c]coc12. The minimum absolute atomic E-state index is 0.653. The molecule has 0 aliphatic rings. The molecule has 2 aromatic rings. The maximum atomic E-state index is 5.36. The fourth-order valence-corrected chi connectivity index (χ4v) is 1.17. The molecule has 0 N–H and O–H groups in total. The summed E-state index contributed by atoms with van der Waals surface area (Å²) in [7, 11) is 0. The van der Waals surface area contributed by atoms with E-state index in [2.05, 4.69) is 6.07 Å². The number of furan rings is 1. The van der Waals surface area contributed by atoms with E-state index in [-0.39, 0.29) is 0 Å². The number of hydrogen-bond donors (Lipinski definition) is 0. The van der Waals surface area contributed by atoms with E-state index < -0.39 is 0 Å². The lowest BCUT2D eigenvalue weighted by molar-refractivity contribution is 0.338. The first-order valence-corrected chi connectivity index (χ1v) is 3.92. The summed E-state index contributed by atoms with van der Waals surface area (Å²) >= 11 is 0. The molecule has 0 saturated heterocycles. The normalized spacial score (nSPS) is 10.4. The van der Waals surface area contributed by atoms with Crippen molar-refractivity contribution in [2.24, 2.45) is 0 Å². The third-order valence-corrected chi connectivity index (χ3v) is 1.67. The number of benzene rings is 1. The van der Waals surface area contributed by atoms with E-state index in [0.717, 1.165) is 16.7 Å². The number of para-hydroxylation sites is 1. The van der Waals surface area contributed by atoms with Crippen molar-refractivity contribution in [2.45, 2.75) is 6.92 Å². The van der Waals surface area contributed by atoms with Crippen LogP contribution in [-0.2, 0) is 0 Å². The van der Waals surface area contributed by atoms with Crippen LogP contribution in [0.3, 0.4) is 0 Å². The van der Waals surface area contributed by atoms with Gasteiger partial charge >= 0.3 is 0 Å². The fraction of sp³-hybridized carbons (Fsp3) is 0.200. The molecule has 0 atom stereocenters. The minimum atomic E-state index is 0.653. The third-order valence-electron chi connectivity index (χ3n) is 1.67. The van der Waals surface area contributed by atoms with Crippen LogP contribution in [0.4, 0.5) is 0 Å². The maximum absolute atomic E-state index is 5.36. The molecule has 0 aliphatic heterocycles. The van der Waals surface area contributed by atoms with E-state index >= 15 is 0 Å². The van der Waals surface area contributed by atoms with Crippen molar-refractivity contribution in [3.8, 4) is 5.75 Å². The zero-order chi connectivity index (χ0) is 8.39. The van der Waals surface area contributed by atoms with Gasteiger partial charge in [-0.15, -0.1) is 0 Å². The van der Waals surface area contributed by atoms with Crippen molar-refractivity contribution in [3.63, 3.8) is 0 Å². The van der Waals surface area contributed by atoms with Gasteiger partial charge in [0.25, 0.3) is 0 Å². The highest BCUT2D eigenvalue weighted by Gasteiger charge is 2.03. The Kier molecular flexibility index (Phi) is 1.74. The second kappa shape index (κ2) is 2.89. The molecule has 0 unspecified atom stereocenters. The summed E-state index contributed by atoms with van der Waals surface area (Å²) in [4.78, 5) is 0. The third kappa shape index (κ3) is 1.05. The van der Waals surface area contributed by atoms with Gasteiger partial charge in [0.15, 0.2) is 11.3 Å². The molecule has 2 heteroatoms. The van der Waals surface area contributed by atoms with E-state index in [1.54, 1.807) is 6.26 Å². The number of ether oxygens (including phenoxy) is 1. The molecule has 0 bridgehead atoms. The predicted octanol–water partition coefficient (Wildman–Crippen LogP) is 2.63. The first-order chi connectivity index (χ1) is 5.92. The summed E-state index contributed by atoms with van der Waals surface area (Å²) in [5.41, 5.74) is 0.777. The van der Waals surface area contributed by atoms with Gasteiger partial charge in [-0.05, 0) is 13.0 Å². The lowest BCUT2D eigenvalue weighted by atomic mass is 10.2.